The minimum absolute atomic E-state index is 0.355. The van der Waals surface area contributed by atoms with E-state index in [4.69, 9.17) is 4.98 Å². The van der Waals surface area contributed by atoms with Gasteiger partial charge in [-0.2, -0.15) is 0 Å². The van der Waals surface area contributed by atoms with Crippen molar-refractivity contribution in [2.24, 2.45) is 0 Å². The number of fused-ring (bicyclic) bond motifs is 1. The van der Waals surface area contributed by atoms with Gasteiger partial charge in [-0.3, -0.25) is 0 Å². The Morgan fingerprint density at radius 3 is 2.65 bits per heavy atom. The largest absolute Gasteiger partial charge is 0.310 e. The van der Waals surface area contributed by atoms with Crippen molar-refractivity contribution in [2.75, 3.05) is 0 Å². The normalized spacial score (nSPS) is 11.4. The summed E-state index contributed by atoms with van der Waals surface area (Å²) in [5.41, 5.74) is 4.59. The molecule has 3 heteroatoms. The molecule has 0 unspecified atom stereocenters. The summed E-state index contributed by atoms with van der Waals surface area (Å²) in [4.78, 5) is 9.26. The number of benzene rings is 1. The molecule has 2 aromatic heterocycles. The number of pyridine rings is 1. The molecule has 0 spiro atoms. The summed E-state index contributed by atoms with van der Waals surface area (Å²) < 4.78 is 2.24. The van der Waals surface area contributed by atoms with E-state index in [1.807, 2.05) is 18.3 Å². The summed E-state index contributed by atoms with van der Waals surface area (Å²) in [6.45, 7) is 6.50. The van der Waals surface area contributed by atoms with Gasteiger partial charge in [0.05, 0.1) is 0 Å². The van der Waals surface area contributed by atoms with Crippen LogP contribution in [-0.2, 0) is 6.42 Å². The molecule has 0 saturated carbocycles. The monoisotopic (exact) mass is 265 g/mol. The number of aryl methyl sites for hydroxylation is 1. The molecule has 20 heavy (non-hydrogen) atoms. The third-order valence-corrected chi connectivity index (χ3v) is 3.65. The highest BCUT2D eigenvalue weighted by Gasteiger charge is 2.14. The molecular weight excluding hydrogens is 246 g/mol. The Morgan fingerprint density at radius 1 is 1.10 bits per heavy atom. The molecule has 0 amide bonds. The van der Waals surface area contributed by atoms with E-state index in [9.17, 15) is 0 Å². The highest BCUT2D eigenvalue weighted by molar-refractivity contribution is 5.71. The fourth-order valence-electron chi connectivity index (χ4n) is 2.62. The van der Waals surface area contributed by atoms with Crippen LogP contribution in [0.5, 0.6) is 0 Å². The van der Waals surface area contributed by atoms with E-state index in [1.54, 1.807) is 0 Å². The van der Waals surface area contributed by atoms with Gasteiger partial charge in [0.1, 0.15) is 11.3 Å². The predicted molar refractivity (Wildman–Crippen MR) is 81.9 cm³/mol. The van der Waals surface area contributed by atoms with Gasteiger partial charge in [-0.15, -0.1) is 0 Å². The Labute approximate surface area is 119 Å². The highest BCUT2D eigenvalue weighted by atomic mass is 15.1. The van der Waals surface area contributed by atoms with Gasteiger partial charge < -0.3 is 4.57 Å². The van der Waals surface area contributed by atoms with Crippen LogP contribution in [-0.4, -0.2) is 14.5 Å². The second kappa shape index (κ2) is 5.08. The van der Waals surface area contributed by atoms with Crippen molar-refractivity contribution in [3.8, 4) is 0 Å². The average Bonchev–Trinajstić information content (AvgIpc) is 2.79. The summed E-state index contributed by atoms with van der Waals surface area (Å²) >= 11 is 0. The maximum Gasteiger partial charge on any atom is 0.160 e. The molecule has 3 rings (SSSR count). The van der Waals surface area contributed by atoms with Crippen molar-refractivity contribution < 1.29 is 0 Å². The van der Waals surface area contributed by atoms with Crippen LogP contribution in [0.4, 0.5) is 0 Å². The van der Waals surface area contributed by atoms with Gasteiger partial charge in [-0.05, 0) is 44.0 Å². The van der Waals surface area contributed by atoms with Gasteiger partial charge in [0.2, 0.25) is 0 Å². The van der Waals surface area contributed by atoms with Crippen LogP contribution in [0.1, 0.15) is 36.8 Å². The van der Waals surface area contributed by atoms with Crippen LogP contribution in [0.15, 0.2) is 42.6 Å². The van der Waals surface area contributed by atoms with E-state index in [0.717, 1.165) is 23.4 Å². The van der Waals surface area contributed by atoms with Crippen LogP contribution >= 0.6 is 0 Å². The average molecular weight is 265 g/mol. The van der Waals surface area contributed by atoms with E-state index in [1.165, 1.54) is 11.1 Å². The molecule has 0 saturated heterocycles. The highest BCUT2D eigenvalue weighted by Crippen LogP contribution is 2.22. The first-order valence-electron chi connectivity index (χ1n) is 7.03. The zero-order valence-electron chi connectivity index (χ0n) is 12.2. The molecule has 1 aromatic carbocycles. The third kappa shape index (κ3) is 2.20. The Morgan fingerprint density at radius 2 is 1.90 bits per heavy atom. The quantitative estimate of drug-likeness (QED) is 0.718. The van der Waals surface area contributed by atoms with Crippen molar-refractivity contribution in [3.63, 3.8) is 0 Å². The zero-order valence-corrected chi connectivity index (χ0v) is 12.2. The van der Waals surface area contributed by atoms with Gasteiger partial charge >= 0.3 is 0 Å². The number of rotatable bonds is 3. The SMILES string of the molecule is Cc1ccccc1Cc1nc2cccnc2n1C(C)C. The van der Waals surface area contributed by atoms with Gasteiger partial charge in [-0.25, -0.2) is 9.97 Å². The van der Waals surface area contributed by atoms with Gasteiger partial charge in [-0.1, -0.05) is 24.3 Å². The Balaban J connectivity index is 2.12. The van der Waals surface area contributed by atoms with Gasteiger partial charge in [0.25, 0.3) is 0 Å². The van der Waals surface area contributed by atoms with E-state index in [-0.39, 0.29) is 0 Å². The summed E-state index contributed by atoms with van der Waals surface area (Å²) in [6, 6.07) is 12.8. The van der Waals surface area contributed by atoms with Crippen LogP contribution < -0.4 is 0 Å². The second-order valence-electron chi connectivity index (χ2n) is 5.44. The Hall–Kier alpha value is -2.16. The maximum atomic E-state index is 4.77. The van der Waals surface area contributed by atoms with Crippen molar-refractivity contribution >= 4 is 11.2 Å². The molecule has 0 aliphatic heterocycles. The third-order valence-electron chi connectivity index (χ3n) is 3.65. The standard InChI is InChI=1S/C17H19N3/c1-12(2)20-16(11-14-8-5-4-7-13(14)3)19-15-9-6-10-18-17(15)20/h4-10,12H,11H2,1-3H3. The van der Waals surface area contributed by atoms with Crippen molar-refractivity contribution in [1.29, 1.82) is 0 Å². The summed E-state index contributed by atoms with van der Waals surface area (Å²) in [5.74, 6) is 1.09. The van der Waals surface area contributed by atoms with E-state index >= 15 is 0 Å². The molecule has 0 aliphatic carbocycles. The van der Waals surface area contributed by atoms with Crippen LogP contribution in [0, 0.1) is 6.92 Å². The summed E-state index contributed by atoms with van der Waals surface area (Å²) in [6.07, 6.45) is 2.68. The van der Waals surface area contributed by atoms with Gasteiger partial charge in [0, 0.05) is 18.7 Å². The second-order valence-corrected chi connectivity index (χ2v) is 5.44. The smallest absolute Gasteiger partial charge is 0.160 e. The lowest BCUT2D eigenvalue weighted by molar-refractivity contribution is 0.587. The number of aromatic nitrogens is 3. The predicted octanol–water partition coefficient (Wildman–Crippen LogP) is 3.91. The Bertz CT molecular complexity index is 741. The van der Waals surface area contributed by atoms with Crippen molar-refractivity contribution in [1.82, 2.24) is 14.5 Å². The maximum absolute atomic E-state index is 4.77. The first-order valence-corrected chi connectivity index (χ1v) is 7.03. The number of hydrogen-bond donors (Lipinski definition) is 0. The minimum atomic E-state index is 0.355. The molecule has 3 aromatic rings. The van der Waals surface area contributed by atoms with Crippen molar-refractivity contribution in [3.05, 3.63) is 59.5 Å². The summed E-state index contributed by atoms with van der Waals surface area (Å²) in [7, 11) is 0. The fourth-order valence-corrected chi connectivity index (χ4v) is 2.62. The number of hydrogen-bond acceptors (Lipinski definition) is 2. The number of nitrogens with zero attached hydrogens (tertiary/aromatic N) is 3. The molecule has 0 atom stereocenters. The lowest BCUT2D eigenvalue weighted by atomic mass is 10.1. The van der Waals surface area contributed by atoms with E-state index < -0.39 is 0 Å². The van der Waals surface area contributed by atoms with E-state index in [0.29, 0.717) is 6.04 Å². The summed E-state index contributed by atoms with van der Waals surface area (Å²) in [5, 5.41) is 0. The topological polar surface area (TPSA) is 30.7 Å². The molecule has 3 nitrogen and oxygen atoms in total. The molecule has 0 radical (unpaired) electrons. The fraction of sp³-hybridized carbons (Fsp3) is 0.294. The van der Waals surface area contributed by atoms with Crippen molar-refractivity contribution in [2.45, 2.75) is 33.2 Å². The van der Waals surface area contributed by atoms with Gasteiger partial charge in [0.15, 0.2) is 5.65 Å². The molecule has 102 valence electrons. The van der Waals surface area contributed by atoms with Crippen LogP contribution in [0.3, 0.4) is 0 Å². The first-order chi connectivity index (χ1) is 9.66. The zero-order chi connectivity index (χ0) is 14.1. The van der Waals surface area contributed by atoms with Crippen LogP contribution in [0.25, 0.3) is 11.2 Å². The Kier molecular flexibility index (Phi) is 3.26. The first kappa shape index (κ1) is 12.9. The number of imidazole rings is 1. The molecule has 0 fully saturated rings. The lowest BCUT2D eigenvalue weighted by Gasteiger charge is -2.13. The van der Waals surface area contributed by atoms with Crippen LogP contribution in [0.2, 0.25) is 0 Å². The molecule has 0 bridgehead atoms. The van der Waals surface area contributed by atoms with E-state index in [2.05, 4.69) is 54.6 Å². The minimum Gasteiger partial charge on any atom is -0.310 e. The molecule has 2 heterocycles. The molecule has 0 aliphatic rings. The lowest BCUT2D eigenvalue weighted by Crippen LogP contribution is -2.08. The molecule has 0 N–H and O–H groups in total. The molecular formula is C17H19N3.